The molecule has 0 fully saturated rings. The smallest absolute Gasteiger partial charge is 0.165 e. The Kier molecular flexibility index (Phi) is 8.39. The molecule has 0 aliphatic carbocycles. The predicted octanol–water partition coefficient (Wildman–Crippen LogP) is 4.75. The number of hydrogen-bond acceptors (Lipinski definition) is 2. The van der Waals surface area contributed by atoms with Crippen LogP contribution >= 0.6 is 0 Å². The molecule has 0 unspecified atom stereocenters. The third-order valence-corrected chi connectivity index (χ3v) is 2.73. The van der Waals surface area contributed by atoms with Crippen LogP contribution in [0.2, 0.25) is 0 Å². The van der Waals surface area contributed by atoms with Gasteiger partial charge in [-0.1, -0.05) is 63.6 Å². The third kappa shape index (κ3) is 7.81. The molecular formula is C15H24O2. The minimum atomic E-state index is 0.683. The van der Waals surface area contributed by atoms with Crippen LogP contribution in [0.5, 0.6) is 5.75 Å². The number of unbranched alkanes of at least 4 members (excludes halogenated alkanes) is 6. The highest BCUT2D eigenvalue weighted by molar-refractivity contribution is 5.20. The van der Waals surface area contributed by atoms with E-state index in [0.29, 0.717) is 6.61 Å². The van der Waals surface area contributed by atoms with E-state index in [1.807, 2.05) is 30.3 Å². The van der Waals surface area contributed by atoms with Crippen molar-refractivity contribution in [1.82, 2.24) is 0 Å². The molecule has 1 aromatic rings. The summed E-state index contributed by atoms with van der Waals surface area (Å²) in [5.41, 5.74) is 0. The van der Waals surface area contributed by atoms with E-state index in [1.165, 1.54) is 38.5 Å². The molecule has 96 valence electrons. The van der Waals surface area contributed by atoms with E-state index in [1.54, 1.807) is 0 Å². The highest BCUT2D eigenvalue weighted by atomic mass is 17.2. The lowest BCUT2D eigenvalue weighted by Crippen LogP contribution is -1.99. The fourth-order valence-corrected chi connectivity index (χ4v) is 1.70. The van der Waals surface area contributed by atoms with E-state index in [2.05, 4.69) is 6.92 Å². The first kappa shape index (κ1) is 14.0. The second-order valence-corrected chi connectivity index (χ2v) is 4.34. The van der Waals surface area contributed by atoms with Crippen molar-refractivity contribution in [3.63, 3.8) is 0 Å². The first-order chi connectivity index (χ1) is 8.43. The van der Waals surface area contributed by atoms with Crippen LogP contribution in [-0.4, -0.2) is 6.61 Å². The van der Waals surface area contributed by atoms with Crippen molar-refractivity contribution in [1.29, 1.82) is 0 Å². The van der Waals surface area contributed by atoms with Gasteiger partial charge in [-0.05, 0) is 18.6 Å². The molecule has 1 aromatic carbocycles. The Morgan fingerprint density at radius 1 is 0.824 bits per heavy atom. The summed E-state index contributed by atoms with van der Waals surface area (Å²) in [6.45, 7) is 2.93. The summed E-state index contributed by atoms with van der Waals surface area (Å²) in [7, 11) is 0. The van der Waals surface area contributed by atoms with Crippen LogP contribution in [0.25, 0.3) is 0 Å². The minimum Gasteiger partial charge on any atom is -0.338 e. The van der Waals surface area contributed by atoms with Gasteiger partial charge in [-0.2, -0.15) is 4.89 Å². The van der Waals surface area contributed by atoms with Gasteiger partial charge < -0.3 is 4.89 Å². The van der Waals surface area contributed by atoms with Gasteiger partial charge in [0.1, 0.15) is 0 Å². The van der Waals surface area contributed by atoms with Gasteiger partial charge in [-0.3, -0.25) is 0 Å². The Balaban J connectivity index is 1.85. The zero-order valence-electron chi connectivity index (χ0n) is 10.9. The summed E-state index contributed by atoms with van der Waals surface area (Å²) < 4.78 is 0. The maximum Gasteiger partial charge on any atom is 0.165 e. The Hall–Kier alpha value is -1.02. The van der Waals surface area contributed by atoms with Crippen LogP contribution in [0, 0.1) is 0 Å². The van der Waals surface area contributed by atoms with E-state index in [4.69, 9.17) is 9.78 Å². The van der Waals surface area contributed by atoms with Crippen LogP contribution in [0.3, 0.4) is 0 Å². The first-order valence-electron chi connectivity index (χ1n) is 6.78. The molecule has 0 aromatic heterocycles. The molecule has 0 amide bonds. The first-order valence-corrected chi connectivity index (χ1v) is 6.78. The van der Waals surface area contributed by atoms with Crippen molar-refractivity contribution >= 4 is 0 Å². The summed E-state index contributed by atoms with van der Waals surface area (Å²) in [6.07, 6.45) is 9.04. The molecule has 0 heterocycles. The lowest BCUT2D eigenvalue weighted by Gasteiger charge is -2.04. The maximum absolute atomic E-state index is 5.15. The van der Waals surface area contributed by atoms with Gasteiger partial charge in [-0.15, -0.1) is 0 Å². The minimum absolute atomic E-state index is 0.683. The molecule has 0 saturated heterocycles. The lowest BCUT2D eigenvalue weighted by atomic mass is 10.1. The summed E-state index contributed by atoms with van der Waals surface area (Å²) >= 11 is 0. The van der Waals surface area contributed by atoms with E-state index >= 15 is 0 Å². The van der Waals surface area contributed by atoms with Gasteiger partial charge in [0.2, 0.25) is 0 Å². The largest absolute Gasteiger partial charge is 0.338 e. The highest BCUT2D eigenvalue weighted by Crippen LogP contribution is 2.10. The summed E-state index contributed by atoms with van der Waals surface area (Å²) in [6, 6.07) is 9.62. The summed E-state index contributed by atoms with van der Waals surface area (Å²) in [5, 5.41) is 0. The summed E-state index contributed by atoms with van der Waals surface area (Å²) in [4.78, 5) is 10.3. The SMILES string of the molecule is CCCCCCCCCOOc1ccccc1. The van der Waals surface area contributed by atoms with Gasteiger partial charge in [0.15, 0.2) is 5.75 Å². The van der Waals surface area contributed by atoms with E-state index < -0.39 is 0 Å². The van der Waals surface area contributed by atoms with Crippen LogP contribution in [0.4, 0.5) is 0 Å². The van der Waals surface area contributed by atoms with Gasteiger partial charge >= 0.3 is 0 Å². The molecule has 1 rings (SSSR count). The highest BCUT2D eigenvalue weighted by Gasteiger charge is 1.94. The Morgan fingerprint density at radius 2 is 1.47 bits per heavy atom. The molecule has 2 heteroatoms. The fraction of sp³-hybridized carbons (Fsp3) is 0.600. The van der Waals surface area contributed by atoms with E-state index in [9.17, 15) is 0 Å². The quantitative estimate of drug-likeness (QED) is 0.331. The zero-order chi connectivity index (χ0) is 12.2. The van der Waals surface area contributed by atoms with Gasteiger partial charge in [0.25, 0.3) is 0 Å². The number of rotatable bonds is 10. The Labute approximate surface area is 105 Å². The molecule has 0 bridgehead atoms. The molecule has 2 nitrogen and oxygen atoms in total. The molecule has 0 aliphatic heterocycles. The van der Waals surface area contributed by atoms with Crippen molar-refractivity contribution in [3.05, 3.63) is 30.3 Å². The average Bonchev–Trinajstić information content (AvgIpc) is 2.38. The Bertz CT molecular complexity index is 259. The molecule has 0 atom stereocenters. The molecular weight excluding hydrogens is 212 g/mol. The van der Waals surface area contributed by atoms with Crippen molar-refractivity contribution in [3.8, 4) is 5.75 Å². The standard InChI is InChI=1S/C15H24O2/c1-2-3-4-5-6-7-11-14-16-17-15-12-9-8-10-13-15/h8-10,12-13H,2-7,11,14H2,1H3. The molecule has 17 heavy (non-hydrogen) atoms. The topological polar surface area (TPSA) is 18.5 Å². The second kappa shape index (κ2) is 10.2. The molecule has 0 N–H and O–H groups in total. The van der Waals surface area contributed by atoms with Crippen molar-refractivity contribution in [2.24, 2.45) is 0 Å². The maximum atomic E-state index is 5.15. The van der Waals surface area contributed by atoms with Crippen molar-refractivity contribution in [2.75, 3.05) is 6.61 Å². The third-order valence-electron chi connectivity index (χ3n) is 2.73. The van der Waals surface area contributed by atoms with Gasteiger partial charge in [-0.25, -0.2) is 0 Å². The molecule has 0 saturated carbocycles. The Morgan fingerprint density at radius 3 is 2.18 bits per heavy atom. The van der Waals surface area contributed by atoms with Crippen LogP contribution in [0.1, 0.15) is 51.9 Å². The number of hydrogen-bond donors (Lipinski definition) is 0. The number of benzene rings is 1. The average molecular weight is 236 g/mol. The van der Waals surface area contributed by atoms with E-state index in [0.717, 1.165) is 12.2 Å². The lowest BCUT2D eigenvalue weighted by molar-refractivity contribution is -0.207. The van der Waals surface area contributed by atoms with Gasteiger partial charge in [0, 0.05) is 0 Å². The van der Waals surface area contributed by atoms with Crippen molar-refractivity contribution in [2.45, 2.75) is 51.9 Å². The van der Waals surface area contributed by atoms with Gasteiger partial charge in [0.05, 0.1) is 6.61 Å². The predicted molar refractivity (Wildman–Crippen MR) is 71.0 cm³/mol. The normalized spacial score (nSPS) is 10.4. The molecule has 0 aliphatic rings. The van der Waals surface area contributed by atoms with E-state index in [-0.39, 0.29) is 0 Å². The van der Waals surface area contributed by atoms with Crippen LogP contribution in [0.15, 0.2) is 30.3 Å². The molecule has 0 spiro atoms. The number of para-hydroxylation sites is 1. The zero-order valence-corrected chi connectivity index (χ0v) is 10.9. The second-order valence-electron chi connectivity index (χ2n) is 4.34. The summed E-state index contributed by atoms with van der Waals surface area (Å²) in [5.74, 6) is 0.774. The monoisotopic (exact) mass is 236 g/mol. The molecule has 0 radical (unpaired) electrons. The fourth-order valence-electron chi connectivity index (χ4n) is 1.70. The van der Waals surface area contributed by atoms with Crippen LogP contribution in [-0.2, 0) is 4.89 Å². The van der Waals surface area contributed by atoms with Crippen LogP contribution < -0.4 is 4.89 Å². The van der Waals surface area contributed by atoms with Crippen molar-refractivity contribution < 1.29 is 9.78 Å².